The fourth-order valence-electron chi connectivity index (χ4n) is 2.56. The third-order valence-electron chi connectivity index (χ3n) is 3.71. The number of phenolic OH excluding ortho intramolecular Hbond substituents is 1. The molecule has 1 aliphatic rings. The highest BCUT2D eigenvalue weighted by atomic mass is 16.3. The first-order valence-electron chi connectivity index (χ1n) is 6.51. The minimum absolute atomic E-state index is 0.0629. The van der Waals surface area contributed by atoms with Crippen LogP contribution in [0.15, 0.2) is 36.4 Å². The molecule has 102 valence electrons. The van der Waals surface area contributed by atoms with Gasteiger partial charge in [-0.25, -0.2) is 0 Å². The van der Waals surface area contributed by atoms with Gasteiger partial charge in [0.1, 0.15) is 5.75 Å². The molecule has 2 aromatic rings. The summed E-state index contributed by atoms with van der Waals surface area (Å²) in [6.07, 6.45) is 0. The molecule has 0 bridgehead atoms. The zero-order valence-electron chi connectivity index (χ0n) is 11.3. The summed E-state index contributed by atoms with van der Waals surface area (Å²) in [6, 6.07) is 10.9. The molecule has 4 nitrogen and oxygen atoms in total. The molecule has 0 fully saturated rings. The maximum atomic E-state index is 12.5. The predicted molar refractivity (Wildman–Crippen MR) is 77.3 cm³/mol. The Morgan fingerprint density at radius 1 is 1.20 bits per heavy atom. The summed E-state index contributed by atoms with van der Waals surface area (Å²) in [5.41, 5.74) is 9.71. The van der Waals surface area contributed by atoms with Gasteiger partial charge in [0.15, 0.2) is 0 Å². The Kier molecular flexibility index (Phi) is 2.86. The van der Waals surface area contributed by atoms with E-state index >= 15 is 0 Å². The summed E-state index contributed by atoms with van der Waals surface area (Å²) < 4.78 is 0. The monoisotopic (exact) mass is 268 g/mol. The fraction of sp³-hybridized carbons (Fsp3) is 0.188. The standard InChI is InChI=1S/C16H16N2O2/c1-10-3-2-4-14(15(10)19)16(20)18-8-11-5-6-13(17)7-12(11)9-18/h2-7,19H,8-9,17H2,1H3. The third kappa shape index (κ3) is 1.99. The second kappa shape index (κ2) is 4.56. The van der Waals surface area contributed by atoms with Crippen LogP contribution in [0.1, 0.15) is 27.0 Å². The van der Waals surface area contributed by atoms with Crippen LogP contribution in [0.4, 0.5) is 5.69 Å². The molecule has 3 N–H and O–H groups in total. The molecule has 0 atom stereocenters. The number of hydrogen-bond acceptors (Lipinski definition) is 3. The normalized spacial score (nSPS) is 13.3. The molecule has 0 radical (unpaired) electrons. The number of benzene rings is 2. The molecule has 1 aliphatic heterocycles. The van der Waals surface area contributed by atoms with Gasteiger partial charge in [0.05, 0.1) is 5.56 Å². The number of nitrogen functional groups attached to an aromatic ring is 1. The number of para-hydroxylation sites is 1. The number of carbonyl (C=O) groups is 1. The Morgan fingerprint density at radius 2 is 1.95 bits per heavy atom. The lowest BCUT2D eigenvalue weighted by Crippen LogP contribution is -2.25. The Hall–Kier alpha value is -2.49. The maximum Gasteiger partial charge on any atom is 0.258 e. The average molecular weight is 268 g/mol. The summed E-state index contributed by atoms with van der Waals surface area (Å²) in [7, 11) is 0. The first kappa shape index (κ1) is 12.5. The predicted octanol–water partition coefficient (Wildman–Crippen LogP) is 2.44. The highest BCUT2D eigenvalue weighted by Crippen LogP contribution is 2.29. The number of carbonyl (C=O) groups excluding carboxylic acids is 1. The summed E-state index contributed by atoms with van der Waals surface area (Å²) in [5.74, 6) is -0.0889. The number of nitrogens with two attached hydrogens (primary N) is 1. The molecule has 0 saturated heterocycles. The lowest BCUT2D eigenvalue weighted by molar-refractivity contribution is 0.0748. The van der Waals surface area contributed by atoms with Crippen molar-refractivity contribution in [3.63, 3.8) is 0 Å². The largest absolute Gasteiger partial charge is 0.507 e. The quantitative estimate of drug-likeness (QED) is 0.781. The van der Waals surface area contributed by atoms with Gasteiger partial charge in [-0.3, -0.25) is 4.79 Å². The molecule has 20 heavy (non-hydrogen) atoms. The van der Waals surface area contributed by atoms with Gasteiger partial charge in [-0.15, -0.1) is 0 Å². The van der Waals surface area contributed by atoms with E-state index in [0.29, 0.717) is 29.9 Å². The Labute approximate surface area is 117 Å². The van der Waals surface area contributed by atoms with Crippen molar-refractivity contribution in [1.82, 2.24) is 4.90 Å². The van der Waals surface area contributed by atoms with Crippen LogP contribution in [0.2, 0.25) is 0 Å². The molecule has 0 aromatic heterocycles. The second-order valence-electron chi connectivity index (χ2n) is 5.16. The average Bonchev–Trinajstić information content (AvgIpc) is 2.84. The number of aryl methyl sites for hydroxylation is 1. The van der Waals surface area contributed by atoms with E-state index in [1.165, 1.54) is 0 Å². The van der Waals surface area contributed by atoms with E-state index < -0.39 is 0 Å². The van der Waals surface area contributed by atoms with Crippen molar-refractivity contribution < 1.29 is 9.90 Å². The van der Waals surface area contributed by atoms with E-state index in [9.17, 15) is 9.90 Å². The van der Waals surface area contributed by atoms with E-state index in [4.69, 9.17) is 5.73 Å². The van der Waals surface area contributed by atoms with Gasteiger partial charge in [0.25, 0.3) is 5.91 Å². The van der Waals surface area contributed by atoms with Crippen molar-refractivity contribution in [3.8, 4) is 5.75 Å². The molecular weight excluding hydrogens is 252 g/mol. The number of aromatic hydroxyl groups is 1. The smallest absolute Gasteiger partial charge is 0.258 e. The highest BCUT2D eigenvalue weighted by molar-refractivity contribution is 5.97. The summed E-state index contributed by atoms with van der Waals surface area (Å²) in [4.78, 5) is 14.2. The van der Waals surface area contributed by atoms with Crippen LogP contribution in [-0.4, -0.2) is 15.9 Å². The third-order valence-corrected chi connectivity index (χ3v) is 3.71. The van der Waals surface area contributed by atoms with Crippen LogP contribution in [0, 0.1) is 6.92 Å². The van der Waals surface area contributed by atoms with Crippen LogP contribution in [0.3, 0.4) is 0 Å². The molecule has 1 heterocycles. The van der Waals surface area contributed by atoms with E-state index in [1.807, 2.05) is 18.2 Å². The Balaban J connectivity index is 1.89. The van der Waals surface area contributed by atoms with Crippen molar-refractivity contribution in [1.29, 1.82) is 0 Å². The van der Waals surface area contributed by atoms with Gasteiger partial charge in [0.2, 0.25) is 0 Å². The zero-order valence-corrected chi connectivity index (χ0v) is 11.3. The number of phenols is 1. The lowest BCUT2D eigenvalue weighted by Gasteiger charge is -2.16. The van der Waals surface area contributed by atoms with Crippen LogP contribution in [-0.2, 0) is 13.1 Å². The number of rotatable bonds is 1. The van der Waals surface area contributed by atoms with Crippen LogP contribution in [0.5, 0.6) is 5.75 Å². The van der Waals surface area contributed by atoms with Gasteiger partial charge in [-0.1, -0.05) is 18.2 Å². The van der Waals surface area contributed by atoms with E-state index in [0.717, 1.165) is 11.1 Å². The molecular formula is C16H16N2O2. The number of amides is 1. The summed E-state index contributed by atoms with van der Waals surface area (Å²) in [6.45, 7) is 2.87. The van der Waals surface area contributed by atoms with Crippen molar-refractivity contribution in [2.24, 2.45) is 0 Å². The van der Waals surface area contributed by atoms with Crippen molar-refractivity contribution >= 4 is 11.6 Å². The fourth-order valence-corrected chi connectivity index (χ4v) is 2.56. The molecule has 0 unspecified atom stereocenters. The molecule has 2 aromatic carbocycles. The Bertz CT molecular complexity index is 695. The lowest BCUT2D eigenvalue weighted by atomic mass is 10.1. The second-order valence-corrected chi connectivity index (χ2v) is 5.16. The van der Waals surface area contributed by atoms with Crippen molar-refractivity contribution in [3.05, 3.63) is 58.7 Å². The first-order chi connectivity index (χ1) is 9.56. The molecule has 0 aliphatic carbocycles. The minimum atomic E-state index is -0.152. The van der Waals surface area contributed by atoms with Crippen LogP contribution >= 0.6 is 0 Å². The van der Waals surface area contributed by atoms with Gasteiger partial charge < -0.3 is 15.7 Å². The number of anilines is 1. The van der Waals surface area contributed by atoms with Gasteiger partial charge in [-0.2, -0.15) is 0 Å². The number of fused-ring (bicyclic) bond motifs is 1. The summed E-state index contributed by atoms with van der Waals surface area (Å²) in [5, 5.41) is 10.0. The molecule has 0 saturated carbocycles. The maximum absolute atomic E-state index is 12.5. The number of nitrogens with zero attached hydrogens (tertiary/aromatic N) is 1. The first-order valence-corrected chi connectivity index (χ1v) is 6.51. The van der Waals surface area contributed by atoms with Gasteiger partial charge in [0, 0.05) is 18.8 Å². The van der Waals surface area contributed by atoms with Gasteiger partial charge >= 0.3 is 0 Å². The molecule has 3 rings (SSSR count). The topological polar surface area (TPSA) is 66.6 Å². The Morgan fingerprint density at radius 3 is 2.75 bits per heavy atom. The summed E-state index contributed by atoms with van der Waals surface area (Å²) >= 11 is 0. The van der Waals surface area contributed by atoms with Crippen LogP contribution in [0.25, 0.3) is 0 Å². The van der Waals surface area contributed by atoms with Crippen molar-refractivity contribution in [2.75, 3.05) is 5.73 Å². The van der Waals surface area contributed by atoms with E-state index in [1.54, 1.807) is 30.0 Å². The van der Waals surface area contributed by atoms with E-state index in [-0.39, 0.29) is 11.7 Å². The molecule has 1 amide bonds. The zero-order chi connectivity index (χ0) is 14.3. The number of hydrogen-bond donors (Lipinski definition) is 2. The molecule has 4 heteroatoms. The highest BCUT2D eigenvalue weighted by Gasteiger charge is 2.26. The SMILES string of the molecule is Cc1cccc(C(=O)N2Cc3ccc(N)cc3C2)c1O. The minimum Gasteiger partial charge on any atom is -0.507 e. The van der Waals surface area contributed by atoms with E-state index in [2.05, 4.69) is 0 Å². The van der Waals surface area contributed by atoms with Gasteiger partial charge in [-0.05, 0) is 41.8 Å². The molecule has 0 spiro atoms. The van der Waals surface area contributed by atoms with Crippen LogP contribution < -0.4 is 5.73 Å². The van der Waals surface area contributed by atoms with Crippen molar-refractivity contribution in [2.45, 2.75) is 20.0 Å².